The molecule has 18 heavy (non-hydrogen) atoms. The third-order valence-corrected chi connectivity index (χ3v) is 2.53. The van der Waals surface area contributed by atoms with E-state index in [1.165, 1.54) is 12.3 Å². The molecule has 1 aromatic carbocycles. The lowest BCUT2D eigenvalue weighted by atomic mass is 10.2. The highest BCUT2D eigenvalue weighted by atomic mass is 32.1. The van der Waals surface area contributed by atoms with Gasteiger partial charge in [0.2, 0.25) is 4.77 Å². The van der Waals surface area contributed by atoms with Crippen LogP contribution in [0, 0.1) is 11.7 Å². The van der Waals surface area contributed by atoms with Crippen molar-refractivity contribution in [3.63, 3.8) is 0 Å². The summed E-state index contributed by atoms with van der Waals surface area (Å²) in [7, 11) is 0. The van der Waals surface area contributed by atoms with Crippen LogP contribution in [-0.4, -0.2) is 26.2 Å². The number of phenols is 1. The van der Waals surface area contributed by atoms with E-state index in [0.29, 0.717) is 5.56 Å². The van der Waals surface area contributed by atoms with Crippen LogP contribution in [0.3, 0.4) is 0 Å². The molecule has 0 aliphatic heterocycles. The van der Waals surface area contributed by atoms with E-state index in [-0.39, 0.29) is 16.2 Å². The number of hydrogen-bond donors (Lipinski definition) is 2. The maximum absolute atomic E-state index is 11.7. The number of nitrogens with zero attached hydrogens (tertiary/aromatic N) is 3. The van der Waals surface area contributed by atoms with Gasteiger partial charge in [0.05, 0.1) is 6.21 Å². The molecule has 0 fully saturated rings. The van der Waals surface area contributed by atoms with Crippen molar-refractivity contribution in [1.29, 1.82) is 0 Å². The molecule has 92 valence electrons. The Labute approximate surface area is 107 Å². The molecule has 0 spiro atoms. The number of benzene rings is 1. The fourth-order valence-electron chi connectivity index (χ4n) is 1.29. The predicted octanol–water partition coefficient (Wildman–Crippen LogP) is 1.20. The van der Waals surface area contributed by atoms with Gasteiger partial charge in [-0.15, -0.1) is 0 Å². The second kappa shape index (κ2) is 4.92. The maximum Gasteiger partial charge on any atom is 0.296 e. The van der Waals surface area contributed by atoms with E-state index in [2.05, 4.69) is 15.3 Å². The number of rotatable bonds is 2. The Morgan fingerprint density at radius 3 is 2.94 bits per heavy atom. The number of aryl methyl sites for hydroxylation is 1. The van der Waals surface area contributed by atoms with Crippen LogP contribution in [0.5, 0.6) is 5.75 Å². The van der Waals surface area contributed by atoms with Gasteiger partial charge in [-0.25, -0.2) is 0 Å². The first-order chi connectivity index (χ1) is 8.59. The number of phenolic OH excluding ortho intramolecular Hbond substituents is 1. The van der Waals surface area contributed by atoms with Gasteiger partial charge in [0.25, 0.3) is 5.56 Å². The van der Waals surface area contributed by atoms with E-state index < -0.39 is 5.56 Å². The normalized spacial score (nSPS) is 10.9. The van der Waals surface area contributed by atoms with Gasteiger partial charge in [0.15, 0.2) is 0 Å². The number of H-pyrrole nitrogens is 1. The monoisotopic (exact) mass is 262 g/mol. The summed E-state index contributed by atoms with van der Waals surface area (Å²) < 4.78 is 1.11. The van der Waals surface area contributed by atoms with E-state index in [4.69, 9.17) is 12.2 Å². The molecule has 0 atom stereocenters. The van der Waals surface area contributed by atoms with Gasteiger partial charge in [-0.1, -0.05) is 12.1 Å². The summed E-state index contributed by atoms with van der Waals surface area (Å²) >= 11 is 4.92. The van der Waals surface area contributed by atoms with Gasteiger partial charge >= 0.3 is 0 Å². The molecule has 2 N–H and O–H groups in total. The number of hydrogen-bond acceptors (Lipinski definition) is 5. The number of nitrogens with one attached hydrogen (secondary N) is 1. The van der Waals surface area contributed by atoms with Gasteiger partial charge in [0, 0.05) is 5.56 Å². The van der Waals surface area contributed by atoms with Crippen molar-refractivity contribution in [2.75, 3.05) is 0 Å². The summed E-state index contributed by atoms with van der Waals surface area (Å²) in [6, 6.07) is 6.65. The number of aromatic hydroxyl groups is 1. The molecule has 0 saturated carbocycles. The molecule has 7 heteroatoms. The molecule has 0 bridgehead atoms. The van der Waals surface area contributed by atoms with E-state index in [0.717, 1.165) is 4.68 Å². The van der Waals surface area contributed by atoms with E-state index in [1.807, 2.05) is 0 Å². The molecule has 0 aliphatic rings. The number of aromatic nitrogens is 3. The van der Waals surface area contributed by atoms with Crippen LogP contribution in [0.1, 0.15) is 11.3 Å². The Morgan fingerprint density at radius 2 is 2.22 bits per heavy atom. The minimum atomic E-state index is -0.398. The van der Waals surface area contributed by atoms with Crippen LogP contribution in [-0.2, 0) is 0 Å². The van der Waals surface area contributed by atoms with Crippen molar-refractivity contribution in [3.8, 4) is 5.75 Å². The van der Waals surface area contributed by atoms with Crippen LogP contribution < -0.4 is 5.56 Å². The first kappa shape index (κ1) is 12.2. The average molecular weight is 262 g/mol. The third kappa shape index (κ3) is 2.35. The summed E-state index contributed by atoms with van der Waals surface area (Å²) in [4.78, 5) is 11.7. The highest BCUT2D eigenvalue weighted by molar-refractivity contribution is 7.71. The molecule has 0 radical (unpaired) electrons. The molecule has 0 unspecified atom stereocenters. The zero-order chi connectivity index (χ0) is 13.1. The second-order valence-corrected chi connectivity index (χ2v) is 3.92. The van der Waals surface area contributed by atoms with Gasteiger partial charge in [-0.3, -0.25) is 9.89 Å². The van der Waals surface area contributed by atoms with E-state index in [9.17, 15) is 9.90 Å². The maximum atomic E-state index is 11.7. The molecule has 0 saturated heterocycles. The number of para-hydroxylation sites is 1. The zero-order valence-corrected chi connectivity index (χ0v) is 10.3. The Morgan fingerprint density at radius 1 is 1.50 bits per heavy atom. The van der Waals surface area contributed by atoms with Crippen molar-refractivity contribution >= 4 is 18.4 Å². The Balaban J connectivity index is 2.48. The molecule has 2 aromatic rings. The van der Waals surface area contributed by atoms with Crippen LogP contribution >= 0.6 is 12.2 Å². The van der Waals surface area contributed by atoms with Crippen molar-refractivity contribution < 1.29 is 5.11 Å². The van der Waals surface area contributed by atoms with Crippen molar-refractivity contribution in [2.24, 2.45) is 5.10 Å². The zero-order valence-electron chi connectivity index (χ0n) is 9.49. The minimum absolute atomic E-state index is 0.0787. The lowest BCUT2D eigenvalue weighted by Gasteiger charge is -2.00. The fraction of sp³-hybridized carbons (Fsp3) is 0.0909. The molecule has 1 heterocycles. The summed E-state index contributed by atoms with van der Waals surface area (Å²) in [5, 5.41) is 19.7. The smallest absolute Gasteiger partial charge is 0.296 e. The molecule has 0 amide bonds. The molecule has 2 rings (SSSR count). The highest BCUT2D eigenvalue weighted by Crippen LogP contribution is 2.12. The van der Waals surface area contributed by atoms with Crippen molar-refractivity contribution in [1.82, 2.24) is 14.9 Å². The Kier molecular flexibility index (Phi) is 3.33. The van der Waals surface area contributed by atoms with Gasteiger partial charge in [0.1, 0.15) is 11.4 Å². The van der Waals surface area contributed by atoms with Gasteiger partial charge < -0.3 is 5.11 Å². The minimum Gasteiger partial charge on any atom is -0.507 e. The molecular formula is C11H10N4O2S. The van der Waals surface area contributed by atoms with Crippen LogP contribution in [0.4, 0.5) is 0 Å². The second-order valence-electron chi connectivity index (χ2n) is 3.53. The molecular weight excluding hydrogens is 252 g/mol. The van der Waals surface area contributed by atoms with E-state index in [1.54, 1.807) is 25.1 Å². The highest BCUT2D eigenvalue weighted by Gasteiger charge is 2.01. The molecule has 1 aromatic heterocycles. The largest absolute Gasteiger partial charge is 0.507 e. The SMILES string of the molecule is Cc1n[nH]c(=S)n(/N=C/c2ccccc2O)c1=O. The molecule has 6 nitrogen and oxygen atoms in total. The summed E-state index contributed by atoms with van der Waals surface area (Å²) in [5.74, 6) is 0.0787. The van der Waals surface area contributed by atoms with E-state index >= 15 is 0 Å². The van der Waals surface area contributed by atoms with Crippen molar-refractivity contribution in [3.05, 3.63) is 50.6 Å². The lowest BCUT2D eigenvalue weighted by molar-refractivity contribution is 0.474. The standard InChI is InChI=1S/C11H10N4O2S/c1-7-10(17)15(11(18)14-13-7)12-6-8-4-2-3-5-9(8)16/h2-6,16H,1H3,(H,14,18)/b12-6+. The molecule has 0 aliphatic carbocycles. The quantitative estimate of drug-likeness (QED) is 0.629. The summed E-state index contributed by atoms with van der Waals surface area (Å²) in [6.45, 7) is 1.56. The van der Waals surface area contributed by atoms with Gasteiger partial charge in [-0.05, 0) is 31.3 Å². The average Bonchev–Trinajstić information content (AvgIpc) is 2.36. The summed E-state index contributed by atoms with van der Waals surface area (Å²) in [6.07, 6.45) is 1.36. The van der Waals surface area contributed by atoms with Crippen LogP contribution in [0.15, 0.2) is 34.2 Å². The fourth-order valence-corrected chi connectivity index (χ4v) is 1.47. The Bertz CT molecular complexity index is 717. The van der Waals surface area contributed by atoms with Gasteiger partial charge in [-0.2, -0.15) is 14.9 Å². The first-order valence-corrected chi connectivity index (χ1v) is 5.51. The number of aromatic amines is 1. The van der Waals surface area contributed by atoms with Crippen LogP contribution in [0.25, 0.3) is 0 Å². The van der Waals surface area contributed by atoms with Crippen molar-refractivity contribution in [2.45, 2.75) is 6.92 Å². The third-order valence-electron chi connectivity index (χ3n) is 2.26. The Hall–Kier alpha value is -2.28. The predicted molar refractivity (Wildman–Crippen MR) is 69.5 cm³/mol. The lowest BCUT2D eigenvalue weighted by Crippen LogP contribution is -2.22. The topological polar surface area (TPSA) is 83.3 Å². The summed E-state index contributed by atoms with van der Waals surface area (Å²) in [5.41, 5.74) is 0.358. The first-order valence-electron chi connectivity index (χ1n) is 5.10. The van der Waals surface area contributed by atoms with Crippen LogP contribution in [0.2, 0.25) is 0 Å².